The third-order valence-electron chi connectivity index (χ3n) is 1.94. The first-order valence-electron chi connectivity index (χ1n) is 5.27. The Hall–Kier alpha value is 0.0500. The van der Waals surface area contributed by atoms with Crippen molar-refractivity contribution in [3.63, 3.8) is 0 Å². The van der Waals surface area contributed by atoms with Crippen molar-refractivity contribution in [1.29, 1.82) is 0 Å². The lowest BCUT2D eigenvalue weighted by Crippen LogP contribution is -2.11. The van der Waals surface area contributed by atoms with Crippen molar-refractivity contribution < 1.29 is 14.2 Å². The van der Waals surface area contributed by atoms with Gasteiger partial charge in [0.05, 0.1) is 44.1 Å². The first-order valence-corrected chi connectivity index (χ1v) is 6.85. The fourth-order valence-corrected chi connectivity index (χ4v) is 1.73. The van der Waals surface area contributed by atoms with Crippen molar-refractivity contribution in [2.45, 2.75) is 6.54 Å². The van der Waals surface area contributed by atoms with Gasteiger partial charge in [-0.2, -0.15) is 5.10 Å². The molecule has 0 fully saturated rings. The van der Waals surface area contributed by atoms with Gasteiger partial charge in [0.15, 0.2) is 0 Å². The largest absolute Gasteiger partial charge is 0.382 e. The Morgan fingerprint density at radius 2 is 1.76 bits per heavy atom. The zero-order chi connectivity index (χ0) is 12.5. The predicted molar refractivity (Wildman–Crippen MR) is 71.1 cm³/mol. The summed E-state index contributed by atoms with van der Waals surface area (Å²) in [6.07, 6.45) is 1.91. The Kier molecular flexibility index (Phi) is 8.04. The minimum atomic E-state index is 0.591. The molecule has 0 spiro atoms. The van der Waals surface area contributed by atoms with E-state index in [-0.39, 0.29) is 0 Å². The molecule has 0 saturated carbocycles. The van der Waals surface area contributed by atoms with Gasteiger partial charge >= 0.3 is 0 Å². The summed E-state index contributed by atoms with van der Waals surface area (Å²) in [5.41, 5.74) is 0. The number of halogens is 2. The van der Waals surface area contributed by atoms with E-state index in [0.717, 1.165) is 15.6 Å². The highest BCUT2D eigenvalue weighted by Crippen LogP contribution is 2.19. The highest BCUT2D eigenvalue weighted by molar-refractivity contribution is 9.13. The average Bonchev–Trinajstić information content (AvgIpc) is 2.62. The zero-order valence-corrected chi connectivity index (χ0v) is 12.9. The molecule has 0 atom stereocenters. The maximum absolute atomic E-state index is 5.41. The molecule has 1 heterocycles. The van der Waals surface area contributed by atoms with Gasteiger partial charge in [-0.1, -0.05) is 0 Å². The zero-order valence-electron chi connectivity index (χ0n) is 9.70. The molecule has 0 radical (unpaired) electrons. The second-order valence-electron chi connectivity index (χ2n) is 3.25. The van der Waals surface area contributed by atoms with Crippen LogP contribution in [0.25, 0.3) is 0 Å². The minimum Gasteiger partial charge on any atom is -0.382 e. The summed E-state index contributed by atoms with van der Waals surface area (Å²) >= 11 is 6.69. The molecular weight excluding hydrogens is 356 g/mol. The van der Waals surface area contributed by atoms with Gasteiger partial charge in [0, 0.05) is 13.3 Å². The monoisotopic (exact) mass is 370 g/mol. The molecular formula is C10H16Br2N2O3. The van der Waals surface area contributed by atoms with E-state index in [1.54, 1.807) is 7.11 Å². The molecule has 0 aliphatic heterocycles. The van der Waals surface area contributed by atoms with E-state index >= 15 is 0 Å². The molecule has 0 N–H and O–H groups in total. The summed E-state index contributed by atoms with van der Waals surface area (Å²) in [4.78, 5) is 0. The normalized spacial score (nSPS) is 11.0. The van der Waals surface area contributed by atoms with E-state index in [0.29, 0.717) is 33.0 Å². The Morgan fingerprint density at radius 3 is 2.35 bits per heavy atom. The first kappa shape index (κ1) is 15.1. The Bertz CT molecular complexity index is 301. The van der Waals surface area contributed by atoms with E-state index in [1.807, 2.05) is 10.9 Å². The van der Waals surface area contributed by atoms with Crippen LogP contribution in [-0.4, -0.2) is 49.9 Å². The number of nitrogens with zero attached hydrogens (tertiary/aromatic N) is 2. The molecule has 1 rings (SSSR count). The molecule has 0 bridgehead atoms. The summed E-state index contributed by atoms with van der Waals surface area (Å²) in [7, 11) is 1.65. The third-order valence-corrected chi connectivity index (χ3v) is 3.64. The standard InChI is InChI=1S/C10H16Br2N2O3/c1-15-4-5-17-7-6-16-3-2-14-8-9(11)10(12)13-14/h8H,2-7H2,1H3. The lowest BCUT2D eigenvalue weighted by atomic mass is 10.6. The number of methoxy groups -OCH3 is 1. The summed E-state index contributed by atoms with van der Waals surface area (Å²) in [5.74, 6) is 0. The maximum Gasteiger partial charge on any atom is 0.142 e. The summed E-state index contributed by atoms with van der Waals surface area (Å²) < 4.78 is 19.1. The van der Waals surface area contributed by atoms with Crippen molar-refractivity contribution in [1.82, 2.24) is 9.78 Å². The topological polar surface area (TPSA) is 45.5 Å². The lowest BCUT2D eigenvalue weighted by Gasteiger charge is -2.05. The summed E-state index contributed by atoms with van der Waals surface area (Å²) in [6.45, 7) is 3.76. The van der Waals surface area contributed by atoms with Gasteiger partial charge in [0.2, 0.25) is 0 Å². The van der Waals surface area contributed by atoms with Crippen LogP contribution in [-0.2, 0) is 20.8 Å². The molecule has 1 aromatic rings. The van der Waals surface area contributed by atoms with Crippen LogP contribution in [0.5, 0.6) is 0 Å². The van der Waals surface area contributed by atoms with E-state index in [2.05, 4.69) is 37.0 Å². The van der Waals surface area contributed by atoms with Gasteiger partial charge in [0.1, 0.15) is 4.60 Å². The molecule has 0 aliphatic rings. The lowest BCUT2D eigenvalue weighted by molar-refractivity contribution is 0.0225. The smallest absolute Gasteiger partial charge is 0.142 e. The van der Waals surface area contributed by atoms with Crippen molar-refractivity contribution in [3.8, 4) is 0 Å². The van der Waals surface area contributed by atoms with Crippen molar-refractivity contribution in [2.75, 3.05) is 40.1 Å². The molecule has 5 nitrogen and oxygen atoms in total. The van der Waals surface area contributed by atoms with Gasteiger partial charge < -0.3 is 14.2 Å². The summed E-state index contributed by atoms with van der Waals surface area (Å²) in [5, 5.41) is 4.23. The Balaban J connectivity index is 1.97. The van der Waals surface area contributed by atoms with Crippen LogP contribution in [0, 0.1) is 0 Å². The first-order chi connectivity index (χ1) is 8.24. The van der Waals surface area contributed by atoms with Gasteiger partial charge in [-0.05, 0) is 31.9 Å². The molecule has 0 aromatic carbocycles. The number of hydrogen-bond donors (Lipinski definition) is 0. The third kappa shape index (κ3) is 6.52. The highest BCUT2D eigenvalue weighted by atomic mass is 79.9. The molecule has 0 amide bonds. The van der Waals surface area contributed by atoms with Crippen molar-refractivity contribution >= 4 is 31.9 Å². The second kappa shape index (κ2) is 9.04. The van der Waals surface area contributed by atoms with Crippen LogP contribution in [0.1, 0.15) is 0 Å². The average molecular weight is 372 g/mol. The van der Waals surface area contributed by atoms with E-state index in [9.17, 15) is 0 Å². The van der Waals surface area contributed by atoms with Gasteiger partial charge in [-0.25, -0.2) is 0 Å². The van der Waals surface area contributed by atoms with Crippen LogP contribution in [0.2, 0.25) is 0 Å². The quantitative estimate of drug-likeness (QED) is 0.623. The molecule has 0 saturated heterocycles. The fraction of sp³-hybridized carbons (Fsp3) is 0.700. The predicted octanol–water partition coefficient (Wildman–Crippen LogP) is 2.09. The van der Waals surface area contributed by atoms with Gasteiger partial charge in [0.25, 0.3) is 0 Å². The van der Waals surface area contributed by atoms with Crippen molar-refractivity contribution in [3.05, 3.63) is 15.3 Å². The Labute approximate surface area is 118 Å². The highest BCUT2D eigenvalue weighted by Gasteiger charge is 2.02. The molecule has 0 unspecified atom stereocenters. The number of ether oxygens (including phenoxy) is 3. The van der Waals surface area contributed by atoms with Crippen LogP contribution in [0.3, 0.4) is 0 Å². The molecule has 0 aliphatic carbocycles. The van der Waals surface area contributed by atoms with Crippen molar-refractivity contribution in [2.24, 2.45) is 0 Å². The Morgan fingerprint density at radius 1 is 1.12 bits per heavy atom. The fourth-order valence-electron chi connectivity index (χ4n) is 1.11. The molecule has 7 heteroatoms. The van der Waals surface area contributed by atoms with Crippen LogP contribution < -0.4 is 0 Å². The maximum atomic E-state index is 5.41. The second-order valence-corrected chi connectivity index (χ2v) is 4.85. The SMILES string of the molecule is COCCOCCOCCn1cc(Br)c(Br)n1. The molecule has 17 heavy (non-hydrogen) atoms. The molecule has 98 valence electrons. The van der Waals surface area contributed by atoms with Gasteiger partial charge in [-0.3, -0.25) is 4.68 Å². The number of hydrogen-bond acceptors (Lipinski definition) is 4. The van der Waals surface area contributed by atoms with Crippen LogP contribution >= 0.6 is 31.9 Å². The summed E-state index contributed by atoms with van der Waals surface area (Å²) in [6, 6.07) is 0. The number of rotatable bonds is 9. The van der Waals surface area contributed by atoms with E-state index < -0.39 is 0 Å². The van der Waals surface area contributed by atoms with E-state index in [4.69, 9.17) is 14.2 Å². The number of aromatic nitrogens is 2. The molecule has 1 aromatic heterocycles. The van der Waals surface area contributed by atoms with Crippen LogP contribution in [0.15, 0.2) is 15.3 Å². The van der Waals surface area contributed by atoms with E-state index in [1.165, 1.54) is 0 Å². The van der Waals surface area contributed by atoms with Gasteiger partial charge in [-0.15, -0.1) is 0 Å². The van der Waals surface area contributed by atoms with Crippen LogP contribution in [0.4, 0.5) is 0 Å². The minimum absolute atomic E-state index is 0.591.